The second-order valence-electron chi connectivity index (χ2n) is 4.03. The first-order chi connectivity index (χ1) is 8.84. The Bertz CT molecular complexity index is 527. The van der Waals surface area contributed by atoms with E-state index in [0.717, 1.165) is 0 Å². The van der Waals surface area contributed by atoms with Gasteiger partial charge in [-0.3, -0.25) is 4.79 Å². The Morgan fingerprint density at radius 2 is 1.89 bits per heavy atom. The van der Waals surface area contributed by atoms with Crippen molar-refractivity contribution in [2.75, 3.05) is 29.5 Å². The Kier molecular flexibility index (Phi) is 5.62. The molecule has 106 valence electrons. The molecule has 0 atom stereocenters. The molecular formula is C12H16ClNO4S. The molecule has 19 heavy (non-hydrogen) atoms. The molecule has 0 aliphatic rings. The molecule has 0 aromatic heterocycles. The lowest BCUT2D eigenvalue weighted by atomic mass is 10.3. The van der Waals surface area contributed by atoms with Crippen LogP contribution in [0.2, 0.25) is 5.02 Å². The maximum atomic E-state index is 11.5. The van der Waals surface area contributed by atoms with Crippen LogP contribution in [-0.4, -0.2) is 44.1 Å². The minimum absolute atomic E-state index is 0.0501. The van der Waals surface area contributed by atoms with Crippen molar-refractivity contribution in [3.05, 3.63) is 29.3 Å². The van der Waals surface area contributed by atoms with Gasteiger partial charge in [0, 0.05) is 23.0 Å². The van der Waals surface area contributed by atoms with Gasteiger partial charge in [-0.25, -0.2) is 8.42 Å². The molecule has 1 aromatic carbocycles. The number of carboxylic acids is 1. The molecule has 0 fully saturated rings. The number of sulfone groups is 1. The quantitative estimate of drug-likeness (QED) is 0.829. The van der Waals surface area contributed by atoms with E-state index in [1.807, 2.05) is 0 Å². The monoisotopic (exact) mass is 305 g/mol. The van der Waals surface area contributed by atoms with E-state index in [-0.39, 0.29) is 24.6 Å². The van der Waals surface area contributed by atoms with E-state index in [9.17, 15) is 13.2 Å². The molecule has 0 saturated heterocycles. The third-order valence-corrected chi connectivity index (χ3v) is 4.57. The number of anilines is 1. The van der Waals surface area contributed by atoms with E-state index in [1.54, 1.807) is 31.2 Å². The van der Waals surface area contributed by atoms with E-state index in [1.165, 1.54) is 4.90 Å². The van der Waals surface area contributed by atoms with Crippen LogP contribution in [0.25, 0.3) is 0 Å². The lowest BCUT2D eigenvalue weighted by Gasteiger charge is -2.22. The van der Waals surface area contributed by atoms with Gasteiger partial charge in [-0.05, 0) is 24.3 Å². The minimum Gasteiger partial charge on any atom is -0.480 e. The van der Waals surface area contributed by atoms with Gasteiger partial charge in [0.1, 0.15) is 6.54 Å². The Labute approximate surface area is 117 Å². The van der Waals surface area contributed by atoms with Gasteiger partial charge >= 0.3 is 5.97 Å². The van der Waals surface area contributed by atoms with Gasteiger partial charge in [0.2, 0.25) is 0 Å². The Hall–Kier alpha value is -1.27. The molecule has 5 nitrogen and oxygen atoms in total. The first kappa shape index (κ1) is 15.8. The number of halogens is 1. The third kappa shape index (κ3) is 5.48. The molecule has 0 saturated carbocycles. The van der Waals surface area contributed by atoms with Gasteiger partial charge in [-0.1, -0.05) is 18.5 Å². The summed E-state index contributed by atoms with van der Waals surface area (Å²) >= 11 is 5.76. The van der Waals surface area contributed by atoms with Gasteiger partial charge in [0.15, 0.2) is 9.84 Å². The van der Waals surface area contributed by atoms with Crippen LogP contribution in [0.4, 0.5) is 5.69 Å². The van der Waals surface area contributed by atoms with Crippen molar-refractivity contribution >= 4 is 33.1 Å². The summed E-state index contributed by atoms with van der Waals surface area (Å²) in [6.45, 7) is 1.46. The number of carbonyl (C=O) groups is 1. The predicted octanol–water partition coefficient (Wildman–Crippen LogP) is 1.67. The number of hydrogen-bond acceptors (Lipinski definition) is 4. The molecule has 0 heterocycles. The van der Waals surface area contributed by atoms with Gasteiger partial charge in [0.25, 0.3) is 0 Å². The third-order valence-electron chi connectivity index (χ3n) is 2.63. The second-order valence-corrected chi connectivity index (χ2v) is 6.94. The summed E-state index contributed by atoms with van der Waals surface area (Å²) < 4.78 is 23.0. The fourth-order valence-electron chi connectivity index (χ4n) is 1.51. The Balaban J connectivity index is 2.83. The van der Waals surface area contributed by atoms with E-state index >= 15 is 0 Å². The van der Waals surface area contributed by atoms with Crippen LogP contribution in [0.15, 0.2) is 24.3 Å². The zero-order chi connectivity index (χ0) is 14.5. The average Bonchev–Trinajstić information content (AvgIpc) is 2.35. The standard InChI is InChI=1S/C12H16ClNO4S/c1-2-19(17,18)8-7-14(9-12(15)16)11-5-3-10(13)4-6-11/h3-6H,2,7-9H2,1H3,(H,15,16). The molecule has 0 aliphatic carbocycles. The summed E-state index contributed by atoms with van der Waals surface area (Å²) in [5.41, 5.74) is 0.637. The van der Waals surface area contributed by atoms with Crippen molar-refractivity contribution in [1.82, 2.24) is 0 Å². The first-order valence-electron chi connectivity index (χ1n) is 5.77. The molecule has 0 unspecified atom stereocenters. The fraction of sp³-hybridized carbons (Fsp3) is 0.417. The highest BCUT2D eigenvalue weighted by Gasteiger charge is 2.15. The summed E-state index contributed by atoms with van der Waals surface area (Å²) in [7, 11) is -3.13. The van der Waals surface area contributed by atoms with Gasteiger partial charge in [-0.2, -0.15) is 0 Å². The summed E-state index contributed by atoms with van der Waals surface area (Å²) in [6, 6.07) is 6.62. The first-order valence-corrected chi connectivity index (χ1v) is 7.96. The van der Waals surface area contributed by atoms with Crippen LogP contribution >= 0.6 is 11.6 Å². The van der Waals surface area contributed by atoms with Crippen molar-refractivity contribution < 1.29 is 18.3 Å². The minimum atomic E-state index is -3.13. The zero-order valence-corrected chi connectivity index (χ0v) is 12.1. The highest BCUT2D eigenvalue weighted by atomic mass is 35.5. The lowest BCUT2D eigenvalue weighted by Crippen LogP contribution is -2.34. The molecule has 7 heteroatoms. The number of rotatable bonds is 7. The molecule has 1 aromatic rings. The number of aliphatic carboxylic acids is 1. The topological polar surface area (TPSA) is 74.7 Å². The van der Waals surface area contributed by atoms with Gasteiger partial charge < -0.3 is 10.0 Å². The molecule has 0 radical (unpaired) electrons. The SMILES string of the molecule is CCS(=O)(=O)CCN(CC(=O)O)c1ccc(Cl)cc1. The summed E-state index contributed by atoms with van der Waals surface area (Å²) in [5, 5.41) is 9.41. The summed E-state index contributed by atoms with van der Waals surface area (Å²) in [5.74, 6) is -1.03. The van der Waals surface area contributed by atoms with Gasteiger partial charge in [0.05, 0.1) is 5.75 Å². The molecule has 0 spiro atoms. The smallest absolute Gasteiger partial charge is 0.323 e. The maximum absolute atomic E-state index is 11.5. The van der Waals surface area contributed by atoms with Crippen LogP contribution in [0.3, 0.4) is 0 Å². The largest absolute Gasteiger partial charge is 0.480 e. The molecular weight excluding hydrogens is 290 g/mol. The fourth-order valence-corrected chi connectivity index (χ4v) is 2.42. The molecule has 1 rings (SSSR count). The van der Waals surface area contributed by atoms with Crippen molar-refractivity contribution in [2.45, 2.75) is 6.92 Å². The van der Waals surface area contributed by atoms with Crippen molar-refractivity contribution in [3.8, 4) is 0 Å². The predicted molar refractivity (Wildman–Crippen MR) is 75.6 cm³/mol. The van der Waals surface area contributed by atoms with Crippen molar-refractivity contribution in [3.63, 3.8) is 0 Å². The molecule has 1 N–H and O–H groups in total. The van der Waals surface area contributed by atoms with E-state index < -0.39 is 15.8 Å². The number of carboxylic acid groups (broad SMARTS) is 1. The number of benzene rings is 1. The maximum Gasteiger partial charge on any atom is 0.323 e. The van der Waals surface area contributed by atoms with Crippen LogP contribution in [0, 0.1) is 0 Å². The van der Waals surface area contributed by atoms with Crippen molar-refractivity contribution in [1.29, 1.82) is 0 Å². The number of nitrogens with zero attached hydrogens (tertiary/aromatic N) is 1. The Morgan fingerprint density at radius 3 is 2.37 bits per heavy atom. The molecule has 0 amide bonds. The summed E-state index contributed by atoms with van der Waals surface area (Å²) in [6.07, 6.45) is 0. The highest BCUT2D eigenvalue weighted by molar-refractivity contribution is 7.91. The highest BCUT2D eigenvalue weighted by Crippen LogP contribution is 2.17. The molecule has 0 bridgehead atoms. The Morgan fingerprint density at radius 1 is 1.32 bits per heavy atom. The average molecular weight is 306 g/mol. The van der Waals surface area contributed by atoms with Crippen molar-refractivity contribution in [2.24, 2.45) is 0 Å². The lowest BCUT2D eigenvalue weighted by molar-refractivity contribution is -0.135. The van der Waals surface area contributed by atoms with E-state index in [2.05, 4.69) is 0 Å². The normalized spacial score (nSPS) is 11.3. The van der Waals surface area contributed by atoms with Crippen LogP contribution in [0.5, 0.6) is 0 Å². The van der Waals surface area contributed by atoms with Crippen LogP contribution in [0.1, 0.15) is 6.92 Å². The zero-order valence-electron chi connectivity index (χ0n) is 10.5. The van der Waals surface area contributed by atoms with Crippen LogP contribution in [-0.2, 0) is 14.6 Å². The van der Waals surface area contributed by atoms with Crippen LogP contribution < -0.4 is 4.90 Å². The second kappa shape index (κ2) is 6.77. The van der Waals surface area contributed by atoms with E-state index in [4.69, 9.17) is 16.7 Å². The number of hydrogen-bond donors (Lipinski definition) is 1. The summed E-state index contributed by atoms with van der Waals surface area (Å²) in [4.78, 5) is 12.3. The molecule has 0 aliphatic heterocycles. The van der Waals surface area contributed by atoms with E-state index in [0.29, 0.717) is 10.7 Å². The van der Waals surface area contributed by atoms with Gasteiger partial charge in [-0.15, -0.1) is 0 Å².